The summed E-state index contributed by atoms with van der Waals surface area (Å²) in [7, 11) is 2.01. The number of H-pyrrole nitrogens is 1. The van der Waals surface area contributed by atoms with E-state index >= 15 is 0 Å². The number of hydrogen-bond acceptors (Lipinski definition) is 3. The number of rotatable bonds is 2. The minimum absolute atomic E-state index is 0.920. The van der Waals surface area contributed by atoms with E-state index in [0.29, 0.717) is 0 Å². The lowest BCUT2D eigenvalue weighted by Crippen LogP contribution is -1.90. The molecule has 1 N–H and O–H groups in total. The van der Waals surface area contributed by atoms with Gasteiger partial charge in [-0.05, 0) is 36.4 Å². The Kier molecular flexibility index (Phi) is 2.94. The second-order valence-corrected chi connectivity index (χ2v) is 6.10. The van der Waals surface area contributed by atoms with Gasteiger partial charge in [-0.2, -0.15) is 0 Å². The standard InChI is InChI=1S/C20H15N5/c1-25-8-7-22-20(25)13-4-5-17-15(9-13)16-10-18(23-12-19(16)24-17)14-3-2-6-21-11-14/h2-12,24H,1H3. The van der Waals surface area contributed by atoms with E-state index in [1.165, 1.54) is 5.39 Å². The lowest BCUT2D eigenvalue weighted by molar-refractivity contribution is 0.925. The van der Waals surface area contributed by atoms with Crippen molar-refractivity contribution in [2.24, 2.45) is 7.05 Å². The Bertz CT molecular complexity index is 1200. The summed E-state index contributed by atoms with van der Waals surface area (Å²) in [6.45, 7) is 0. The molecule has 120 valence electrons. The van der Waals surface area contributed by atoms with Gasteiger partial charge in [0.15, 0.2) is 0 Å². The number of nitrogens with one attached hydrogen (secondary N) is 1. The highest BCUT2D eigenvalue weighted by atomic mass is 15.0. The molecule has 0 saturated carbocycles. The van der Waals surface area contributed by atoms with Crippen molar-refractivity contribution < 1.29 is 0 Å². The fraction of sp³-hybridized carbons (Fsp3) is 0.0500. The molecule has 0 spiro atoms. The molecule has 25 heavy (non-hydrogen) atoms. The lowest BCUT2D eigenvalue weighted by Gasteiger charge is -2.03. The molecule has 0 bridgehead atoms. The lowest BCUT2D eigenvalue weighted by atomic mass is 10.1. The van der Waals surface area contributed by atoms with Gasteiger partial charge in [0.25, 0.3) is 0 Å². The zero-order chi connectivity index (χ0) is 16.8. The molecule has 0 atom stereocenters. The molecule has 5 nitrogen and oxygen atoms in total. The Morgan fingerprint density at radius 1 is 0.880 bits per heavy atom. The number of pyridine rings is 2. The Hall–Kier alpha value is -3.47. The van der Waals surface area contributed by atoms with E-state index in [0.717, 1.165) is 39.1 Å². The van der Waals surface area contributed by atoms with Gasteiger partial charge in [-0.1, -0.05) is 0 Å². The van der Waals surface area contributed by atoms with Crippen LogP contribution in [0.25, 0.3) is 44.5 Å². The van der Waals surface area contributed by atoms with E-state index in [1.54, 1.807) is 6.20 Å². The third-order valence-electron chi connectivity index (χ3n) is 4.52. The first-order valence-corrected chi connectivity index (χ1v) is 8.09. The summed E-state index contributed by atoms with van der Waals surface area (Å²) >= 11 is 0. The number of aromatic nitrogens is 5. The van der Waals surface area contributed by atoms with E-state index in [4.69, 9.17) is 0 Å². The minimum atomic E-state index is 0.920. The first-order valence-electron chi connectivity index (χ1n) is 8.09. The molecule has 0 radical (unpaired) electrons. The van der Waals surface area contributed by atoms with E-state index < -0.39 is 0 Å². The Labute approximate surface area is 144 Å². The molecule has 0 aliphatic rings. The maximum Gasteiger partial charge on any atom is 0.139 e. The summed E-state index contributed by atoms with van der Waals surface area (Å²) < 4.78 is 2.03. The highest BCUT2D eigenvalue weighted by Gasteiger charge is 2.10. The molecule has 0 amide bonds. The van der Waals surface area contributed by atoms with Gasteiger partial charge in [-0.3, -0.25) is 9.97 Å². The quantitative estimate of drug-likeness (QED) is 0.530. The van der Waals surface area contributed by atoms with Crippen molar-refractivity contribution in [1.82, 2.24) is 24.5 Å². The van der Waals surface area contributed by atoms with E-state index in [-0.39, 0.29) is 0 Å². The van der Waals surface area contributed by atoms with Crippen molar-refractivity contribution >= 4 is 21.8 Å². The van der Waals surface area contributed by atoms with Crippen molar-refractivity contribution in [2.75, 3.05) is 0 Å². The summed E-state index contributed by atoms with van der Waals surface area (Å²) in [5, 5.41) is 2.32. The molecule has 0 unspecified atom stereocenters. The zero-order valence-corrected chi connectivity index (χ0v) is 13.6. The maximum atomic E-state index is 4.57. The fourth-order valence-electron chi connectivity index (χ4n) is 3.25. The molecular formula is C20H15N5. The predicted octanol–water partition coefficient (Wildman–Crippen LogP) is 4.18. The van der Waals surface area contributed by atoms with Crippen molar-refractivity contribution in [3.63, 3.8) is 0 Å². The van der Waals surface area contributed by atoms with E-state index in [2.05, 4.69) is 44.2 Å². The summed E-state index contributed by atoms with van der Waals surface area (Å²) in [5.41, 5.74) is 5.15. The van der Waals surface area contributed by atoms with Gasteiger partial charge in [-0.25, -0.2) is 4.98 Å². The SMILES string of the molecule is Cn1ccnc1-c1ccc2[nH]c3cnc(-c4cccnc4)cc3c2c1. The first-order chi connectivity index (χ1) is 12.3. The predicted molar refractivity (Wildman–Crippen MR) is 99.0 cm³/mol. The molecular weight excluding hydrogens is 310 g/mol. The molecule has 0 fully saturated rings. The third-order valence-corrected chi connectivity index (χ3v) is 4.52. The van der Waals surface area contributed by atoms with Crippen LogP contribution < -0.4 is 0 Å². The highest BCUT2D eigenvalue weighted by molar-refractivity contribution is 6.09. The second-order valence-electron chi connectivity index (χ2n) is 6.10. The topological polar surface area (TPSA) is 59.4 Å². The molecule has 0 aliphatic heterocycles. The molecule has 1 aromatic carbocycles. The Morgan fingerprint density at radius 3 is 2.60 bits per heavy atom. The third kappa shape index (κ3) is 2.21. The Morgan fingerprint density at radius 2 is 1.80 bits per heavy atom. The van der Waals surface area contributed by atoms with Crippen LogP contribution >= 0.6 is 0 Å². The van der Waals surface area contributed by atoms with Gasteiger partial charge in [0, 0.05) is 59.3 Å². The molecule has 5 aromatic rings. The van der Waals surface area contributed by atoms with Crippen LogP contribution in [0, 0.1) is 0 Å². The van der Waals surface area contributed by atoms with Crippen LogP contribution in [0.1, 0.15) is 0 Å². The van der Waals surface area contributed by atoms with E-state index in [9.17, 15) is 0 Å². The van der Waals surface area contributed by atoms with Crippen molar-refractivity contribution in [2.45, 2.75) is 0 Å². The monoisotopic (exact) mass is 325 g/mol. The summed E-state index contributed by atoms with van der Waals surface area (Å²) in [6.07, 6.45) is 9.27. The summed E-state index contributed by atoms with van der Waals surface area (Å²) in [5.74, 6) is 0.956. The molecule has 0 aliphatic carbocycles. The number of nitrogens with zero attached hydrogens (tertiary/aromatic N) is 4. The largest absolute Gasteiger partial charge is 0.353 e. The highest BCUT2D eigenvalue weighted by Crippen LogP contribution is 2.31. The molecule has 0 saturated heterocycles. The fourth-order valence-corrected chi connectivity index (χ4v) is 3.25. The van der Waals surface area contributed by atoms with Crippen LogP contribution in [0.15, 0.2) is 67.4 Å². The average molecular weight is 325 g/mol. The van der Waals surface area contributed by atoms with Crippen LogP contribution in [-0.2, 0) is 7.05 Å². The summed E-state index contributed by atoms with van der Waals surface area (Å²) in [6, 6.07) is 12.4. The zero-order valence-electron chi connectivity index (χ0n) is 13.6. The first kappa shape index (κ1) is 13.9. The van der Waals surface area contributed by atoms with Gasteiger partial charge in [0.05, 0.1) is 17.4 Å². The van der Waals surface area contributed by atoms with Crippen LogP contribution in [0.5, 0.6) is 0 Å². The van der Waals surface area contributed by atoms with Crippen LogP contribution in [0.2, 0.25) is 0 Å². The Balaban J connectivity index is 1.75. The van der Waals surface area contributed by atoms with Gasteiger partial charge in [0.1, 0.15) is 5.82 Å². The summed E-state index contributed by atoms with van der Waals surface area (Å²) in [4.78, 5) is 16.7. The van der Waals surface area contributed by atoms with Gasteiger partial charge in [-0.15, -0.1) is 0 Å². The van der Waals surface area contributed by atoms with Crippen molar-refractivity contribution in [3.05, 3.63) is 67.4 Å². The van der Waals surface area contributed by atoms with Crippen LogP contribution in [0.4, 0.5) is 0 Å². The second kappa shape index (κ2) is 5.27. The molecule has 5 rings (SSSR count). The molecule has 5 heteroatoms. The minimum Gasteiger partial charge on any atom is -0.353 e. The number of benzene rings is 1. The maximum absolute atomic E-state index is 4.57. The number of fused-ring (bicyclic) bond motifs is 3. The molecule has 4 heterocycles. The van der Waals surface area contributed by atoms with Crippen molar-refractivity contribution in [3.8, 4) is 22.6 Å². The number of aryl methyl sites for hydroxylation is 1. The average Bonchev–Trinajstić information content (AvgIpc) is 3.24. The van der Waals surface area contributed by atoms with Crippen molar-refractivity contribution in [1.29, 1.82) is 0 Å². The molecule has 4 aromatic heterocycles. The number of aromatic amines is 1. The smallest absolute Gasteiger partial charge is 0.139 e. The van der Waals surface area contributed by atoms with Crippen LogP contribution in [-0.4, -0.2) is 24.5 Å². The van der Waals surface area contributed by atoms with Gasteiger partial charge in [0.2, 0.25) is 0 Å². The van der Waals surface area contributed by atoms with E-state index in [1.807, 2.05) is 48.5 Å². The normalized spacial score (nSPS) is 11.4. The number of hydrogen-bond donors (Lipinski definition) is 1. The van der Waals surface area contributed by atoms with Gasteiger partial charge < -0.3 is 9.55 Å². The van der Waals surface area contributed by atoms with Crippen LogP contribution in [0.3, 0.4) is 0 Å². The van der Waals surface area contributed by atoms with Gasteiger partial charge >= 0.3 is 0 Å². The number of imidazole rings is 1.